The Bertz CT molecular complexity index is 200. The first kappa shape index (κ1) is 11.5. The van der Waals surface area contributed by atoms with E-state index in [4.69, 9.17) is 0 Å². The van der Waals surface area contributed by atoms with Crippen molar-refractivity contribution in [2.75, 3.05) is 6.54 Å². The molecule has 1 unspecified atom stereocenters. The van der Waals surface area contributed by atoms with Gasteiger partial charge in [0.15, 0.2) is 0 Å². The molecule has 1 aliphatic rings. The molecule has 0 spiro atoms. The van der Waals surface area contributed by atoms with Crippen LogP contribution in [0.25, 0.3) is 0 Å². The largest absolute Gasteiger partial charge is 0.340 e. The van der Waals surface area contributed by atoms with E-state index in [2.05, 4.69) is 32.6 Å². The van der Waals surface area contributed by atoms with Crippen LogP contribution in [-0.2, 0) is 4.79 Å². The average Bonchev–Trinajstić information content (AvgIpc) is 2.48. The Morgan fingerprint density at radius 3 is 2.50 bits per heavy atom. The third-order valence-corrected chi connectivity index (χ3v) is 3.37. The van der Waals surface area contributed by atoms with Gasteiger partial charge in [0.05, 0.1) is 0 Å². The molecule has 2 atom stereocenters. The van der Waals surface area contributed by atoms with E-state index in [0.29, 0.717) is 23.8 Å². The molecule has 2 nitrogen and oxygen atoms in total. The van der Waals surface area contributed by atoms with Gasteiger partial charge in [-0.05, 0) is 25.2 Å². The third-order valence-electron chi connectivity index (χ3n) is 3.37. The van der Waals surface area contributed by atoms with E-state index in [0.717, 1.165) is 25.8 Å². The Morgan fingerprint density at radius 1 is 1.43 bits per heavy atom. The van der Waals surface area contributed by atoms with Crippen molar-refractivity contribution in [3.63, 3.8) is 0 Å². The second-order valence-electron chi connectivity index (χ2n) is 4.89. The summed E-state index contributed by atoms with van der Waals surface area (Å²) in [4.78, 5) is 13.8. The second-order valence-corrected chi connectivity index (χ2v) is 4.89. The van der Waals surface area contributed by atoms with Crippen molar-refractivity contribution < 1.29 is 4.79 Å². The first-order valence-electron chi connectivity index (χ1n) is 5.85. The summed E-state index contributed by atoms with van der Waals surface area (Å²) in [6, 6.07) is 0.441. The van der Waals surface area contributed by atoms with Gasteiger partial charge in [0.1, 0.15) is 0 Å². The van der Waals surface area contributed by atoms with E-state index in [1.165, 1.54) is 0 Å². The Balaban J connectivity index is 2.52. The number of amides is 1. The van der Waals surface area contributed by atoms with Crippen molar-refractivity contribution in [1.82, 2.24) is 4.90 Å². The van der Waals surface area contributed by atoms with Gasteiger partial charge in [0, 0.05) is 19.0 Å². The molecule has 1 rings (SSSR count). The Morgan fingerprint density at radius 2 is 2.07 bits per heavy atom. The van der Waals surface area contributed by atoms with Gasteiger partial charge in [-0.1, -0.05) is 27.2 Å². The number of hydrogen-bond donors (Lipinski definition) is 0. The topological polar surface area (TPSA) is 20.3 Å². The van der Waals surface area contributed by atoms with Crippen molar-refractivity contribution >= 4 is 5.91 Å². The molecule has 0 aliphatic carbocycles. The third kappa shape index (κ3) is 2.49. The highest BCUT2D eigenvalue weighted by Crippen LogP contribution is 2.27. The highest BCUT2D eigenvalue weighted by molar-refractivity contribution is 5.79. The highest BCUT2D eigenvalue weighted by Gasteiger charge is 2.33. The molecule has 1 heterocycles. The molecule has 0 saturated carbocycles. The Kier molecular flexibility index (Phi) is 3.97. The van der Waals surface area contributed by atoms with Crippen LogP contribution in [0.15, 0.2) is 0 Å². The maximum atomic E-state index is 11.7. The summed E-state index contributed by atoms with van der Waals surface area (Å²) in [5, 5.41) is 0. The van der Waals surface area contributed by atoms with Gasteiger partial charge in [0.2, 0.25) is 5.91 Å². The lowest BCUT2D eigenvalue weighted by Gasteiger charge is -2.25. The summed E-state index contributed by atoms with van der Waals surface area (Å²) in [5.74, 6) is 1.59. The number of hydrogen-bond acceptors (Lipinski definition) is 1. The molecule has 0 N–H and O–H groups in total. The maximum Gasteiger partial charge on any atom is 0.223 e. The first-order valence-corrected chi connectivity index (χ1v) is 5.85. The second kappa shape index (κ2) is 4.81. The molecule has 1 amide bonds. The lowest BCUT2D eigenvalue weighted by atomic mass is 9.95. The quantitative estimate of drug-likeness (QED) is 0.678. The molecular weight excluding hydrogens is 174 g/mol. The van der Waals surface area contributed by atoms with Crippen LogP contribution >= 0.6 is 0 Å². The summed E-state index contributed by atoms with van der Waals surface area (Å²) in [6.07, 6.45) is 3.07. The molecule has 0 radical (unpaired) electrons. The van der Waals surface area contributed by atoms with E-state index < -0.39 is 0 Å². The maximum absolute atomic E-state index is 11.7. The normalized spacial score (nSPS) is 24.8. The van der Waals surface area contributed by atoms with E-state index in [-0.39, 0.29) is 0 Å². The average molecular weight is 197 g/mol. The van der Waals surface area contributed by atoms with Crippen LogP contribution in [0, 0.1) is 11.8 Å². The molecule has 0 aromatic heterocycles. The predicted octanol–water partition coefficient (Wildman–Crippen LogP) is 2.68. The van der Waals surface area contributed by atoms with Gasteiger partial charge >= 0.3 is 0 Å². The Labute approximate surface area is 87.7 Å². The molecule has 1 saturated heterocycles. The standard InChI is InChI=1S/C12H23NO/c1-5-6-10(4)13-8-11(9(2)3)7-12(13)14/h9-11H,5-8H2,1-4H3/t10-,11?/m0/s1. The minimum atomic E-state index is 0.365. The van der Waals surface area contributed by atoms with Crippen LogP contribution in [0.5, 0.6) is 0 Å². The Hall–Kier alpha value is -0.530. The van der Waals surface area contributed by atoms with Crippen LogP contribution in [-0.4, -0.2) is 23.4 Å². The van der Waals surface area contributed by atoms with Crippen LogP contribution in [0.3, 0.4) is 0 Å². The zero-order valence-electron chi connectivity index (χ0n) is 9.92. The van der Waals surface area contributed by atoms with Crippen molar-refractivity contribution in [2.24, 2.45) is 11.8 Å². The van der Waals surface area contributed by atoms with Gasteiger partial charge in [-0.2, -0.15) is 0 Å². The summed E-state index contributed by atoms with van der Waals surface area (Å²) in [7, 11) is 0. The van der Waals surface area contributed by atoms with E-state index in [9.17, 15) is 4.79 Å². The smallest absolute Gasteiger partial charge is 0.223 e. The molecule has 0 aromatic carbocycles. The lowest BCUT2D eigenvalue weighted by Crippen LogP contribution is -2.34. The zero-order chi connectivity index (χ0) is 10.7. The molecule has 1 fully saturated rings. The van der Waals surface area contributed by atoms with Crippen LogP contribution < -0.4 is 0 Å². The number of likely N-dealkylation sites (tertiary alicyclic amines) is 1. The van der Waals surface area contributed by atoms with Crippen LogP contribution in [0.4, 0.5) is 0 Å². The monoisotopic (exact) mass is 197 g/mol. The number of rotatable bonds is 4. The van der Waals surface area contributed by atoms with E-state index in [1.807, 2.05) is 0 Å². The SMILES string of the molecule is CCC[C@H](C)N1CC(C(C)C)CC1=O. The summed E-state index contributed by atoms with van der Waals surface area (Å²) >= 11 is 0. The zero-order valence-corrected chi connectivity index (χ0v) is 9.92. The van der Waals surface area contributed by atoms with Gasteiger partial charge in [-0.25, -0.2) is 0 Å². The van der Waals surface area contributed by atoms with Crippen LogP contribution in [0.1, 0.15) is 47.0 Å². The molecular formula is C12H23NO. The molecule has 2 heteroatoms. The number of nitrogens with zero attached hydrogens (tertiary/aromatic N) is 1. The number of carbonyl (C=O) groups is 1. The molecule has 0 bridgehead atoms. The molecule has 14 heavy (non-hydrogen) atoms. The van der Waals surface area contributed by atoms with Gasteiger partial charge in [0.25, 0.3) is 0 Å². The minimum absolute atomic E-state index is 0.365. The van der Waals surface area contributed by atoms with Gasteiger partial charge in [-0.3, -0.25) is 4.79 Å². The summed E-state index contributed by atoms with van der Waals surface area (Å²) in [5.41, 5.74) is 0. The first-order chi connectivity index (χ1) is 6.56. The van der Waals surface area contributed by atoms with Crippen molar-refractivity contribution in [3.05, 3.63) is 0 Å². The highest BCUT2D eigenvalue weighted by atomic mass is 16.2. The fourth-order valence-corrected chi connectivity index (χ4v) is 2.21. The molecule has 82 valence electrons. The fraction of sp³-hybridized carbons (Fsp3) is 0.917. The fourth-order valence-electron chi connectivity index (χ4n) is 2.21. The van der Waals surface area contributed by atoms with Gasteiger partial charge in [-0.15, -0.1) is 0 Å². The van der Waals surface area contributed by atoms with E-state index in [1.54, 1.807) is 0 Å². The summed E-state index contributed by atoms with van der Waals surface area (Å²) < 4.78 is 0. The number of carbonyl (C=O) groups excluding carboxylic acids is 1. The van der Waals surface area contributed by atoms with Gasteiger partial charge < -0.3 is 4.90 Å². The molecule has 1 aliphatic heterocycles. The lowest BCUT2D eigenvalue weighted by molar-refractivity contribution is -0.129. The molecule has 0 aromatic rings. The minimum Gasteiger partial charge on any atom is -0.340 e. The van der Waals surface area contributed by atoms with Crippen LogP contribution in [0.2, 0.25) is 0 Å². The predicted molar refractivity (Wildman–Crippen MR) is 59.0 cm³/mol. The van der Waals surface area contributed by atoms with Crippen molar-refractivity contribution in [1.29, 1.82) is 0 Å². The summed E-state index contributed by atoms with van der Waals surface area (Å²) in [6.45, 7) is 9.76. The van der Waals surface area contributed by atoms with Crippen molar-refractivity contribution in [3.8, 4) is 0 Å². The van der Waals surface area contributed by atoms with E-state index >= 15 is 0 Å². The van der Waals surface area contributed by atoms with Crippen molar-refractivity contribution in [2.45, 2.75) is 53.0 Å².